The smallest absolute Gasteiger partial charge is 0.341 e. The van der Waals surface area contributed by atoms with Gasteiger partial charge < -0.3 is 19.7 Å². The third-order valence-corrected chi connectivity index (χ3v) is 4.42. The molecule has 0 radical (unpaired) electrons. The summed E-state index contributed by atoms with van der Waals surface area (Å²) in [6.45, 7) is 1.82. The average Bonchev–Trinajstić information content (AvgIpc) is 2.73. The molecule has 9 nitrogen and oxygen atoms in total. The summed E-state index contributed by atoms with van der Waals surface area (Å²) in [7, 11) is 4.99. The molecule has 0 aliphatic rings. The van der Waals surface area contributed by atoms with E-state index < -0.39 is 22.9 Å². The molecule has 0 aliphatic carbocycles. The lowest BCUT2D eigenvalue weighted by Crippen LogP contribution is -2.37. The second-order valence-corrected chi connectivity index (χ2v) is 6.79. The number of methoxy groups -OCH3 is 1. The lowest BCUT2D eigenvalue weighted by Gasteiger charge is -2.18. The summed E-state index contributed by atoms with van der Waals surface area (Å²) < 4.78 is 10.3. The maximum atomic E-state index is 12.6. The normalized spacial score (nSPS) is 11.3. The van der Waals surface area contributed by atoms with Gasteiger partial charge in [0, 0.05) is 32.8 Å². The van der Waals surface area contributed by atoms with Crippen molar-refractivity contribution in [2.45, 2.75) is 19.4 Å². The third kappa shape index (κ3) is 5.94. The van der Waals surface area contributed by atoms with Crippen molar-refractivity contribution in [3.05, 3.63) is 63.7 Å². The van der Waals surface area contributed by atoms with Gasteiger partial charge in [-0.3, -0.25) is 14.9 Å². The third-order valence-electron chi connectivity index (χ3n) is 4.42. The summed E-state index contributed by atoms with van der Waals surface area (Å²) in [5, 5.41) is 13.7. The fourth-order valence-electron chi connectivity index (χ4n) is 2.73. The van der Waals surface area contributed by atoms with Crippen LogP contribution in [0.5, 0.6) is 5.75 Å². The van der Waals surface area contributed by atoms with Crippen LogP contribution in [0.15, 0.2) is 42.5 Å². The Morgan fingerprint density at radius 3 is 2.40 bits per heavy atom. The second kappa shape index (κ2) is 10.2. The summed E-state index contributed by atoms with van der Waals surface area (Å²) in [6.07, 6.45) is -0.450. The van der Waals surface area contributed by atoms with Crippen LogP contribution in [0.3, 0.4) is 0 Å². The standard InChI is InChI=1S/C21H25N3O6/c1-14(20(25)22-12-11-15-5-8-17(29-4)9-6-15)30-21(26)18-13-16(24(27)28)7-10-19(18)23(2)3/h5-10,13-14H,11-12H2,1-4H3,(H,22,25)/t14-/m1/s1. The number of nitro benzene ring substituents is 1. The number of hydrogen-bond acceptors (Lipinski definition) is 7. The molecular formula is C21H25N3O6. The number of nitro groups is 1. The fourth-order valence-corrected chi connectivity index (χ4v) is 2.73. The fraction of sp³-hybridized carbons (Fsp3) is 0.333. The molecule has 2 rings (SSSR count). The second-order valence-electron chi connectivity index (χ2n) is 6.79. The van der Waals surface area contributed by atoms with E-state index in [2.05, 4.69) is 5.32 Å². The Kier molecular flexibility index (Phi) is 7.74. The van der Waals surface area contributed by atoms with Crippen LogP contribution in [0.25, 0.3) is 0 Å². The molecular weight excluding hydrogens is 390 g/mol. The Hall–Kier alpha value is -3.62. The Bertz CT molecular complexity index is 911. The maximum absolute atomic E-state index is 12.6. The highest BCUT2D eigenvalue weighted by molar-refractivity contribution is 5.98. The van der Waals surface area contributed by atoms with E-state index >= 15 is 0 Å². The zero-order valence-electron chi connectivity index (χ0n) is 17.4. The topological polar surface area (TPSA) is 111 Å². The number of benzene rings is 2. The lowest BCUT2D eigenvalue weighted by molar-refractivity contribution is -0.384. The van der Waals surface area contributed by atoms with Crippen molar-refractivity contribution >= 4 is 23.3 Å². The number of amides is 1. The zero-order valence-corrected chi connectivity index (χ0v) is 17.4. The molecule has 9 heteroatoms. The predicted molar refractivity (Wildman–Crippen MR) is 112 cm³/mol. The molecule has 0 heterocycles. The molecule has 30 heavy (non-hydrogen) atoms. The van der Waals surface area contributed by atoms with Gasteiger partial charge in [-0.1, -0.05) is 12.1 Å². The Morgan fingerprint density at radius 1 is 1.17 bits per heavy atom. The molecule has 160 valence electrons. The minimum atomic E-state index is -1.05. The van der Waals surface area contributed by atoms with Crippen LogP contribution in [0.4, 0.5) is 11.4 Å². The number of carbonyl (C=O) groups is 2. The Morgan fingerprint density at radius 2 is 1.83 bits per heavy atom. The largest absolute Gasteiger partial charge is 0.497 e. The highest BCUT2D eigenvalue weighted by Crippen LogP contribution is 2.25. The number of carbonyl (C=O) groups excluding carboxylic acids is 2. The van der Waals surface area contributed by atoms with E-state index in [0.717, 1.165) is 17.4 Å². The first-order valence-electron chi connectivity index (χ1n) is 9.30. The number of nitrogens with one attached hydrogen (secondary N) is 1. The van der Waals surface area contributed by atoms with Gasteiger partial charge in [-0.05, 0) is 37.1 Å². The van der Waals surface area contributed by atoms with Crippen LogP contribution in [0, 0.1) is 10.1 Å². The number of non-ortho nitro benzene ring substituents is 1. The summed E-state index contributed by atoms with van der Waals surface area (Å²) in [4.78, 5) is 36.9. The van der Waals surface area contributed by atoms with Gasteiger partial charge >= 0.3 is 5.97 Å². The van der Waals surface area contributed by atoms with Gasteiger partial charge in [0.1, 0.15) is 5.75 Å². The predicted octanol–water partition coefficient (Wildman–Crippen LogP) is 2.57. The SMILES string of the molecule is COc1ccc(CCNC(=O)[C@@H](C)OC(=O)c2cc([N+](=O)[O-])ccc2N(C)C)cc1. The molecule has 0 saturated heterocycles. The molecule has 0 aliphatic heterocycles. The van der Waals surface area contributed by atoms with Gasteiger partial charge in [-0.2, -0.15) is 0 Å². The number of hydrogen-bond donors (Lipinski definition) is 1. The molecule has 2 aromatic rings. The highest BCUT2D eigenvalue weighted by Gasteiger charge is 2.23. The molecule has 2 aromatic carbocycles. The van der Waals surface area contributed by atoms with Crippen molar-refractivity contribution in [3.8, 4) is 5.75 Å². The van der Waals surface area contributed by atoms with Crippen LogP contribution >= 0.6 is 0 Å². The minimum absolute atomic E-state index is 0.0204. The van der Waals surface area contributed by atoms with Crippen molar-refractivity contribution in [2.75, 3.05) is 32.6 Å². The molecule has 0 aromatic heterocycles. The minimum Gasteiger partial charge on any atom is -0.497 e. The monoisotopic (exact) mass is 415 g/mol. The first-order valence-corrected chi connectivity index (χ1v) is 9.30. The van der Waals surface area contributed by atoms with Crippen molar-refractivity contribution < 1.29 is 24.0 Å². The quantitative estimate of drug-likeness (QED) is 0.381. The number of esters is 1. The zero-order chi connectivity index (χ0) is 22.3. The van der Waals surface area contributed by atoms with Gasteiger partial charge in [-0.15, -0.1) is 0 Å². The molecule has 0 unspecified atom stereocenters. The Balaban J connectivity index is 1.96. The summed E-state index contributed by atoms with van der Waals surface area (Å²) in [5.41, 5.74) is 1.27. The number of ether oxygens (including phenoxy) is 2. The van der Waals surface area contributed by atoms with E-state index in [1.807, 2.05) is 24.3 Å². The van der Waals surface area contributed by atoms with E-state index in [9.17, 15) is 19.7 Å². The molecule has 0 spiro atoms. The average molecular weight is 415 g/mol. The van der Waals surface area contributed by atoms with E-state index in [1.54, 1.807) is 26.1 Å². The van der Waals surface area contributed by atoms with Crippen LogP contribution in [0.1, 0.15) is 22.8 Å². The van der Waals surface area contributed by atoms with Crippen molar-refractivity contribution in [3.63, 3.8) is 0 Å². The van der Waals surface area contributed by atoms with Gasteiger partial charge in [0.2, 0.25) is 0 Å². The van der Waals surface area contributed by atoms with Gasteiger partial charge in [0.05, 0.1) is 23.3 Å². The summed E-state index contributed by atoms with van der Waals surface area (Å²) in [5.74, 6) is -0.504. The molecule has 0 bridgehead atoms. The summed E-state index contributed by atoms with van der Waals surface area (Å²) in [6, 6.07) is 11.4. The van der Waals surface area contributed by atoms with E-state index in [-0.39, 0.29) is 11.3 Å². The molecule has 1 N–H and O–H groups in total. The number of nitrogens with zero attached hydrogens (tertiary/aromatic N) is 2. The Labute approximate surface area is 174 Å². The van der Waals surface area contributed by atoms with Crippen LogP contribution in [-0.4, -0.2) is 50.7 Å². The molecule has 1 atom stereocenters. The number of anilines is 1. The van der Waals surface area contributed by atoms with E-state index in [0.29, 0.717) is 18.7 Å². The van der Waals surface area contributed by atoms with E-state index in [1.165, 1.54) is 19.1 Å². The van der Waals surface area contributed by atoms with Crippen molar-refractivity contribution in [1.82, 2.24) is 5.32 Å². The van der Waals surface area contributed by atoms with E-state index in [4.69, 9.17) is 9.47 Å². The van der Waals surface area contributed by atoms with Crippen LogP contribution in [-0.2, 0) is 16.0 Å². The van der Waals surface area contributed by atoms with Crippen molar-refractivity contribution in [2.24, 2.45) is 0 Å². The van der Waals surface area contributed by atoms with Gasteiger partial charge in [0.15, 0.2) is 6.10 Å². The first-order chi connectivity index (χ1) is 14.2. The maximum Gasteiger partial charge on any atom is 0.341 e. The first kappa shape index (κ1) is 22.7. The van der Waals surface area contributed by atoms with Crippen molar-refractivity contribution in [1.29, 1.82) is 0 Å². The highest BCUT2D eigenvalue weighted by atomic mass is 16.6. The van der Waals surface area contributed by atoms with Gasteiger partial charge in [-0.25, -0.2) is 4.79 Å². The molecule has 0 fully saturated rings. The molecule has 0 saturated carbocycles. The summed E-state index contributed by atoms with van der Waals surface area (Å²) >= 11 is 0. The lowest BCUT2D eigenvalue weighted by atomic mass is 10.1. The number of rotatable bonds is 9. The van der Waals surface area contributed by atoms with Gasteiger partial charge in [0.25, 0.3) is 11.6 Å². The van der Waals surface area contributed by atoms with Crippen LogP contribution < -0.4 is 15.0 Å². The van der Waals surface area contributed by atoms with Crippen LogP contribution in [0.2, 0.25) is 0 Å². The molecule has 1 amide bonds.